The number of aliphatic hydroxyl groups is 1. The van der Waals surface area contributed by atoms with Crippen LogP contribution < -0.4 is 10.2 Å². The van der Waals surface area contributed by atoms with Crippen LogP contribution in [0.5, 0.6) is 0 Å². The largest absolute Gasteiger partial charge is 0.394 e. The molecule has 0 spiro atoms. The van der Waals surface area contributed by atoms with Gasteiger partial charge in [0.25, 0.3) is 5.91 Å². The van der Waals surface area contributed by atoms with Gasteiger partial charge in [-0.2, -0.15) is 9.61 Å². The van der Waals surface area contributed by atoms with Crippen LogP contribution in [0.2, 0.25) is 0 Å². The second-order valence-corrected chi connectivity index (χ2v) is 8.18. The van der Waals surface area contributed by atoms with E-state index in [1.807, 2.05) is 12.3 Å². The molecule has 2 N–H and O–H groups in total. The second-order valence-electron chi connectivity index (χ2n) is 8.18. The van der Waals surface area contributed by atoms with Crippen LogP contribution in [0.25, 0.3) is 5.65 Å². The van der Waals surface area contributed by atoms with E-state index in [0.717, 1.165) is 55.7 Å². The van der Waals surface area contributed by atoms with Gasteiger partial charge in [0.15, 0.2) is 5.65 Å². The summed E-state index contributed by atoms with van der Waals surface area (Å²) in [6, 6.07) is 5.39. The number of carbonyl (C=O) groups is 1. The summed E-state index contributed by atoms with van der Waals surface area (Å²) in [5.41, 5.74) is 2.42. The molecule has 5 rings (SSSR count). The van der Waals surface area contributed by atoms with Gasteiger partial charge in [0.2, 0.25) is 0 Å². The van der Waals surface area contributed by atoms with E-state index in [-0.39, 0.29) is 18.6 Å². The van der Waals surface area contributed by atoms with Gasteiger partial charge in [0.05, 0.1) is 24.4 Å². The van der Waals surface area contributed by atoms with E-state index in [0.29, 0.717) is 17.3 Å². The minimum Gasteiger partial charge on any atom is -0.394 e. The van der Waals surface area contributed by atoms with Gasteiger partial charge in [0, 0.05) is 30.6 Å². The first-order valence-electron chi connectivity index (χ1n) is 10.7. The topological polar surface area (TPSA) is 95.7 Å². The molecule has 4 heterocycles. The molecule has 8 heteroatoms. The Morgan fingerprint density at radius 2 is 2.10 bits per heavy atom. The van der Waals surface area contributed by atoms with Gasteiger partial charge in [0.1, 0.15) is 11.6 Å². The zero-order chi connectivity index (χ0) is 20.5. The zero-order valence-corrected chi connectivity index (χ0v) is 16.9. The highest BCUT2D eigenvalue weighted by Crippen LogP contribution is 2.39. The first-order chi connectivity index (χ1) is 14.7. The number of fused-ring (bicyclic) bond motifs is 1. The molecule has 1 aliphatic heterocycles. The van der Waals surface area contributed by atoms with Crippen molar-refractivity contribution in [2.45, 2.75) is 50.5 Å². The minimum atomic E-state index is -0.236. The first-order valence-corrected chi connectivity index (χ1v) is 10.7. The fourth-order valence-electron chi connectivity index (χ4n) is 4.39. The molecule has 30 heavy (non-hydrogen) atoms. The maximum Gasteiger partial charge on any atom is 0.258 e. The molecule has 1 aliphatic carbocycles. The van der Waals surface area contributed by atoms with E-state index in [1.165, 1.54) is 6.42 Å². The Morgan fingerprint density at radius 1 is 1.20 bits per heavy atom. The van der Waals surface area contributed by atoms with Gasteiger partial charge in [-0.25, -0.2) is 4.98 Å². The molecule has 1 saturated heterocycles. The summed E-state index contributed by atoms with van der Waals surface area (Å²) in [6.45, 7) is 0.941. The molecule has 1 amide bonds. The van der Waals surface area contributed by atoms with Crippen molar-refractivity contribution in [3.63, 3.8) is 0 Å². The van der Waals surface area contributed by atoms with Gasteiger partial charge in [-0.05, 0) is 50.2 Å². The van der Waals surface area contributed by atoms with Crippen molar-refractivity contribution < 1.29 is 9.90 Å². The summed E-state index contributed by atoms with van der Waals surface area (Å²) in [6.07, 6.45) is 11.7. The second kappa shape index (κ2) is 8.02. The zero-order valence-electron chi connectivity index (χ0n) is 16.9. The molecule has 0 radical (unpaired) electrons. The number of nitrogens with one attached hydrogen (secondary N) is 1. The summed E-state index contributed by atoms with van der Waals surface area (Å²) in [4.78, 5) is 24.0. The highest BCUT2D eigenvalue weighted by molar-refractivity contribution is 6.03. The molecule has 1 unspecified atom stereocenters. The lowest BCUT2D eigenvalue weighted by molar-refractivity contribution is 0.102. The molecule has 3 aromatic heterocycles. The minimum absolute atomic E-state index is 0.0469. The predicted molar refractivity (Wildman–Crippen MR) is 114 cm³/mol. The molecule has 156 valence electrons. The highest BCUT2D eigenvalue weighted by Gasteiger charge is 2.28. The number of anilines is 2. The van der Waals surface area contributed by atoms with Crippen molar-refractivity contribution in [3.05, 3.63) is 47.9 Å². The van der Waals surface area contributed by atoms with Crippen LogP contribution in [-0.4, -0.2) is 49.8 Å². The van der Waals surface area contributed by atoms with Crippen LogP contribution in [0.4, 0.5) is 11.6 Å². The van der Waals surface area contributed by atoms with Crippen LogP contribution in [0, 0.1) is 0 Å². The smallest absolute Gasteiger partial charge is 0.258 e. The first kappa shape index (κ1) is 19.0. The summed E-state index contributed by atoms with van der Waals surface area (Å²) >= 11 is 0. The molecule has 2 aliphatic rings. The number of hydrogen-bond donors (Lipinski definition) is 2. The Bertz CT molecular complexity index is 1050. The number of carbonyl (C=O) groups excluding carboxylic acids is 1. The summed E-state index contributed by atoms with van der Waals surface area (Å²) in [7, 11) is 0. The standard InChI is InChI=1S/C22H26N6O2/c29-14-17-8-1-2-10-27(17)19-11-20(26-22(30)16-7-4-9-23-12-16)28-21(25-19)18(13-24-28)15-5-3-6-15/h4,7,9,11-13,15,17,29H,1-3,5-6,8,10,14H2,(H,26,30). The van der Waals surface area contributed by atoms with Crippen LogP contribution in [-0.2, 0) is 0 Å². The number of piperidine rings is 1. The fourth-order valence-corrected chi connectivity index (χ4v) is 4.39. The summed E-state index contributed by atoms with van der Waals surface area (Å²) < 4.78 is 1.73. The molecular weight excluding hydrogens is 380 g/mol. The van der Waals surface area contributed by atoms with E-state index in [9.17, 15) is 9.90 Å². The van der Waals surface area contributed by atoms with Crippen molar-refractivity contribution in [2.24, 2.45) is 0 Å². The van der Waals surface area contributed by atoms with E-state index < -0.39 is 0 Å². The van der Waals surface area contributed by atoms with E-state index in [1.54, 1.807) is 29.0 Å². The van der Waals surface area contributed by atoms with Crippen LogP contribution in [0.1, 0.15) is 60.4 Å². The molecule has 3 aromatic rings. The van der Waals surface area contributed by atoms with E-state index in [4.69, 9.17) is 4.98 Å². The predicted octanol–water partition coefficient (Wildman–Crippen LogP) is 3.00. The van der Waals surface area contributed by atoms with Crippen molar-refractivity contribution in [1.82, 2.24) is 19.6 Å². The average Bonchev–Trinajstić information content (AvgIpc) is 3.17. The molecule has 0 bridgehead atoms. The monoisotopic (exact) mass is 406 g/mol. The lowest BCUT2D eigenvalue weighted by Gasteiger charge is -2.36. The molecular formula is C22H26N6O2. The third kappa shape index (κ3) is 3.41. The van der Waals surface area contributed by atoms with Gasteiger partial charge >= 0.3 is 0 Å². The van der Waals surface area contributed by atoms with Crippen LogP contribution >= 0.6 is 0 Å². The van der Waals surface area contributed by atoms with Crippen molar-refractivity contribution in [2.75, 3.05) is 23.4 Å². The average molecular weight is 406 g/mol. The molecule has 1 atom stereocenters. The van der Waals surface area contributed by atoms with Crippen molar-refractivity contribution in [3.8, 4) is 0 Å². The Labute approximate surface area is 175 Å². The Hall–Kier alpha value is -3.00. The normalized spacial score (nSPS) is 19.6. The number of rotatable bonds is 5. The molecule has 2 fully saturated rings. The summed E-state index contributed by atoms with van der Waals surface area (Å²) in [5.74, 6) is 1.60. The quantitative estimate of drug-likeness (QED) is 0.676. The number of aromatic nitrogens is 4. The Kier molecular flexibility index (Phi) is 5.08. The third-order valence-electron chi connectivity index (χ3n) is 6.33. The molecule has 8 nitrogen and oxygen atoms in total. The Morgan fingerprint density at radius 3 is 2.83 bits per heavy atom. The molecule has 0 aromatic carbocycles. The van der Waals surface area contributed by atoms with E-state index in [2.05, 4.69) is 20.3 Å². The van der Waals surface area contributed by atoms with E-state index >= 15 is 0 Å². The fraction of sp³-hybridized carbons (Fsp3) is 0.455. The van der Waals surface area contributed by atoms with Gasteiger partial charge in [-0.3, -0.25) is 9.78 Å². The number of aliphatic hydroxyl groups excluding tert-OH is 1. The van der Waals surface area contributed by atoms with Crippen molar-refractivity contribution >= 4 is 23.2 Å². The number of hydrogen-bond acceptors (Lipinski definition) is 6. The lowest BCUT2D eigenvalue weighted by atomic mass is 9.81. The highest BCUT2D eigenvalue weighted by atomic mass is 16.3. The number of nitrogens with zero attached hydrogens (tertiary/aromatic N) is 5. The SMILES string of the molecule is O=C(Nc1cc(N2CCCCC2CO)nc2c(C3CCC3)cnn12)c1cccnc1. The van der Waals surface area contributed by atoms with Crippen LogP contribution in [0.15, 0.2) is 36.8 Å². The third-order valence-corrected chi connectivity index (χ3v) is 6.33. The van der Waals surface area contributed by atoms with Gasteiger partial charge in [-0.15, -0.1) is 0 Å². The maximum absolute atomic E-state index is 12.8. The Balaban J connectivity index is 1.57. The maximum atomic E-state index is 12.8. The van der Waals surface area contributed by atoms with Gasteiger partial charge < -0.3 is 15.3 Å². The lowest BCUT2D eigenvalue weighted by Crippen LogP contribution is -2.42. The number of amides is 1. The number of pyridine rings is 1. The van der Waals surface area contributed by atoms with Crippen LogP contribution in [0.3, 0.4) is 0 Å². The summed E-state index contributed by atoms with van der Waals surface area (Å²) in [5, 5.41) is 17.4. The van der Waals surface area contributed by atoms with Crippen molar-refractivity contribution in [1.29, 1.82) is 0 Å². The molecule has 1 saturated carbocycles. The van der Waals surface area contributed by atoms with Gasteiger partial charge in [-0.1, -0.05) is 6.42 Å².